The van der Waals surface area contributed by atoms with E-state index in [2.05, 4.69) is 20.4 Å². The second kappa shape index (κ2) is 15.5. The number of unbranched alkanes of at least 4 members (excludes halogenated alkanes) is 1. The molecule has 1 aromatic carbocycles. The van der Waals surface area contributed by atoms with Crippen molar-refractivity contribution in [1.82, 2.24) is 15.1 Å². The summed E-state index contributed by atoms with van der Waals surface area (Å²) in [7, 11) is 0. The normalized spacial score (nSPS) is 11.8. The lowest BCUT2D eigenvalue weighted by atomic mass is 10.0. The summed E-state index contributed by atoms with van der Waals surface area (Å²) in [6, 6.07) is 15.7. The molecule has 2 aromatic heterocycles. The molecule has 0 saturated heterocycles. The van der Waals surface area contributed by atoms with Crippen LogP contribution in [0, 0.1) is 5.92 Å². The zero-order chi connectivity index (χ0) is 27.1. The number of alkyl halides is 3. The van der Waals surface area contributed by atoms with E-state index in [9.17, 15) is 23.1 Å². The van der Waals surface area contributed by atoms with Gasteiger partial charge in [-0.3, -0.25) is 4.79 Å². The summed E-state index contributed by atoms with van der Waals surface area (Å²) in [6.07, 6.45) is -0.136. The lowest BCUT2D eigenvalue weighted by Gasteiger charge is -2.12. The van der Waals surface area contributed by atoms with Gasteiger partial charge in [0, 0.05) is 42.7 Å². The minimum Gasteiger partial charge on any atom is -0.481 e. The molecule has 13 heteroatoms. The number of aryl methyl sites for hydroxylation is 1. The van der Waals surface area contributed by atoms with E-state index in [1.807, 2.05) is 48.5 Å². The van der Waals surface area contributed by atoms with Gasteiger partial charge in [0.05, 0.1) is 0 Å². The molecule has 200 valence electrons. The van der Waals surface area contributed by atoms with Crippen LogP contribution in [0.3, 0.4) is 0 Å². The van der Waals surface area contributed by atoms with Crippen molar-refractivity contribution in [1.29, 1.82) is 0 Å². The summed E-state index contributed by atoms with van der Waals surface area (Å²) in [6.45, 7) is 0.832. The smallest absolute Gasteiger partial charge is 0.481 e. The predicted molar refractivity (Wildman–Crippen MR) is 130 cm³/mol. The van der Waals surface area contributed by atoms with Crippen LogP contribution in [-0.2, 0) is 22.4 Å². The summed E-state index contributed by atoms with van der Waals surface area (Å²) in [5.74, 6) is -0.890. The zero-order valence-corrected chi connectivity index (χ0v) is 20.5. The Morgan fingerprint density at radius 1 is 1.05 bits per heavy atom. The molecule has 0 amide bonds. The number of hydrogen-bond acceptors (Lipinski definition) is 8. The summed E-state index contributed by atoms with van der Waals surface area (Å²) < 4.78 is 37.1. The molecule has 0 aliphatic carbocycles. The first-order chi connectivity index (χ1) is 17.6. The number of carboxylic acids is 2. The zero-order valence-electron chi connectivity index (χ0n) is 19.7. The lowest BCUT2D eigenvalue weighted by Crippen LogP contribution is -2.21. The molecule has 0 radical (unpaired) electrons. The number of benzene rings is 1. The number of aliphatic carboxylic acids is 2. The highest BCUT2D eigenvalue weighted by molar-refractivity contribution is 7.99. The molecule has 9 nitrogen and oxygen atoms in total. The second-order valence-electron chi connectivity index (χ2n) is 7.80. The van der Waals surface area contributed by atoms with Crippen molar-refractivity contribution in [3.63, 3.8) is 0 Å². The molecule has 1 atom stereocenters. The van der Waals surface area contributed by atoms with Gasteiger partial charge in [0.25, 0.3) is 0 Å². The van der Waals surface area contributed by atoms with Gasteiger partial charge in [-0.1, -0.05) is 29.4 Å². The SMILES string of the molecule is O=C(O)C(F)(F)F.O=C(O)CC(CSc1ccccc1)Cc1nc(CCCCNc2ccccn2)no1. The number of carbonyl (C=O) groups is 2. The third kappa shape index (κ3) is 12.8. The molecule has 2 heterocycles. The van der Waals surface area contributed by atoms with E-state index >= 15 is 0 Å². The minimum absolute atomic E-state index is 0.0661. The Morgan fingerprint density at radius 2 is 1.76 bits per heavy atom. The van der Waals surface area contributed by atoms with E-state index in [0.29, 0.717) is 23.9 Å². The number of nitrogens with zero attached hydrogens (tertiary/aromatic N) is 3. The third-order valence-corrected chi connectivity index (χ3v) is 5.95. The molecule has 0 bridgehead atoms. The van der Waals surface area contributed by atoms with Crippen molar-refractivity contribution in [3.05, 3.63) is 66.4 Å². The van der Waals surface area contributed by atoms with Crippen LogP contribution in [0.25, 0.3) is 0 Å². The van der Waals surface area contributed by atoms with E-state index in [0.717, 1.165) is 36.5 Å². The standard InChI is InChI=1S/C22H26N4O3S.C2HF3O2/c27-22(28)15-17(16-30-18-8-2-1-3-9-18)14-21-25-20(26-29-21)11-5-7-13-24-19-10-4-6-12-23-19;3-2(4,5)1(6)7/h1-4,6,8-10,12,17H,5,7,11,13-16H2,(H,23,24)(H,27,28);(H,6,7). The monoisotopic (exact) mass is 540 g/mol. The summed E-state index contributed by atoms with van der Waals surface area (Å²) >= 11 is 1.65. The fourth-order valence-corrected chi connectivity index (χ4v) is 3.99. The Labute approximate surface area is 215 Å². The maximum absolute atomic E-state index is 11.2. The molecule has 3 N–H and O–H groups in total. The van der Waals surface area contributed by atoms with Crippen molar-refractivity contribution in [2.45, 2.75) is 43.2 Å². The van der Waals surface area contributed by atoms with Crippen LogP contribution in [0.2, 0.25) is 0 Å². The van der Waals surface area contributed by atoms with Crippen LogP contribution in [0.15, 0.2) is 64.1 Å². The van der Waals surface area contributed by atoms with Crippen molar-refractivity contribution < 1.29 is 37.5 Å². The Kier molecular flexibility index (Phi) is 12.4. The Balaban J connectivity index is 0.000000604. The maximum atomic E-state index is 11.2. The molecule has 0 fully saturated rings. The molecule has 0 spiro atoms. The van der Waals surface area contributed by atoms with Crippen molar-refractivity contribution >= 4 is 29.5 Å². The molecule has 0 saturated carbocycles. The molecular weight excluding hydrogens is 513 g/mol. The van der Waals surface area contributed by atoms with Gasteiger partial charge in [0.1, 0.15) is 5.82 Å². The first-order valence-electron chi connectivity index (χ1n) is 11.3. The summed E-state index contributed by atoms with van der Waals surface area (Å²) in [5.41, 5.74) is 0. The van der Waals surface area contributed by atoms with Gasteiger partial charge in [0.15, 0.2) is 5.82 Å². The van der Waals surface area contributed by atoms with Crippen molar-refractivity contribution in [3.8, 4) is 0 Å². The van der Waals surface area contributed by atoms with Gasteiger partial charge in [0.2, 0.25) is 5.89 Å². The van der Waals surface area contributed by atoms with Crippen molar-refractivity contribution in [2.75, 3.05) is 17.6 Å². The average Bonchev–Trinajstić information content (AvgIpc) is 3.30. The number of carboxylic acid groups (broad SMARTS) is 2. The molecule has 1 unspecified atom stereocenters. The number of aromatic nitrogens is 3. The highest BCUT2D eigenvalue weighted by Crippen LogP contribution is 2.24. The fraction of sp³-hybridized carbons (Fsp3) is 0.375. The largest absolute Gasteiger partial charge is 0.490 e. The minimum atomic E-state index is -5.08. The fourth-order valence-electron chi connectivity index (χ4n) is 2.98. The number of pyridine rings is 1. The first-order valence-corrected chi connectivity index (χ1v) is 12.3. The molecule has 0 aliphatic heterocycles. The Morgan fingerprint density at radius 3 is 2.38 bits per heavy atom. The summed E-state index contributed by atoms with van der Waals surface area (Å²) in [4.78, 5) is 29.9. The highest BCUT2D eigenvalue weighted by Gasteiger charge is 2.38. The third-order valence-electron chi connectivity index (χ3n) is 4.71. The quantitative estimate of drug-likeness (QED) is 0.201. The van der Waals surface area contributed by atoms with Crippen LogP contribution in [-0.4, -0.2) is 55.8 Å². The van der Waals surface area contributed by atoms with E-state index in [1.165, 1.54) is 0 Å². The second-order valence-corrected chi connectivity index (χ2v) is 8.89. The van der Waals surface area contributed by atoms with E-state index in [1.54, 1.807) is 18.0 Å². The van der Waals surface area contributed by atoms with Gasteiger partial charge in [-0.05, 0) is 43.0 Å². The van der Waals surface area contributed by atoms with Crippen LogP contribution >= 0.6 is 11.8 Å². The van der Waals surface area contributed by atoms with E-state index in [4.69, 9.17) is 14.4 Å². The molecule has 3 aromatic rings. The average molecular weight is 541 g/mol. The maximum Gasteiger partial charge on any atom is 0.490 e. The van der Waals surface area contributed by atoms with Crippen LogP contribution in [0.1, 0.15) is 31.0 Å². The number of anilines is 1. The molecule has 0 aliphatic rings. The lowest BCUT2D eigenvalue weighted by molar-refractivity contribution is -0.192. The number of rotatable bonds is 13. The van der Waals surface area contributed by atoms with Gasteiger partial charge in [-0.25, -0.2) is 9.78 Å². The van der Waals surface area contributed by atoms with E-state index < -0.39 is 18.1 Å². The number of hydrogen-bond donors (Lipinski definition) is 3. The Hall–Kier alpha value is -3.61. The first kappa shape index (κ1) is 29.6. The van der Waals surface area contributed by atoms with Gasteiger partial charge in [-0.2, -0.15) is 18.2 Å². The number of nitrogens with one attached hydrogen (secondary N) is 1. The molecule has 3 rings (SSSR count). The van der Waals surface area contributed by atoms with Crippen molar-refractivity contribution in [2.24, 2.45) is 5.92 Å². The highest BCUT2D eigenvalue weighted by atomic mass is 32.2. The van der Waals surface area contributed by atoms with Crippen LogP contribution < -0.4 is 5.32 Å². The van der Waals surface area contributed by atoms with Crippen LogP contribution in [0.4, 0.5) is 19.0 Å². The van der Waals surface area contributed by atoms with Gasteiger partial charge >= 0.3 is 18.1 Å². The van der Waals surface area contributed by atoms with E-state index in [-0.39, 0.29) is 12.3 Å². The Bertz CT molecular complexity index is 1080. The molecule has 37 heavy (non-hydrogen) atoms. The summed E-state index contributed by atoms with van der Waals surface area (Å²) in [5, 5.41) is 23.7. The van der Waals surface area contributed by atoms with Gasteiger partial charge in [-0.15, -0.1) is 11.8 Å². The van der Waals surface area contributed by atoms with Gasteiger partial charge < -0.3 is 20.1 Å². The molecular formula is C24H27F3N4O5S. The topological polar surface area (TPSA) is 138 Å². The van der Waals surface area contributed by atoms with Crippen LogP contribution in [0.5, 0.6) is 0 Å². The number of halogens is 3. The predicted octanol–water partition coefficient (Wildman–Crippen LogP) is 4.96. The number of thioether (sulfide) groups is 1.